The van der Waals surface area contributed by atoms with E-state index in [1.165, 1.54) is 0 Å². The summed E-state index contributed by atoms with van der Waals surface area (Å²) in [6.07, 6.45) is 1.68. The number of carbonyl (C=O) groups is 1. The van der Waals surface area contributed by atoms with Gasteiger partial charge in [-0.1, -0.05) is 30.3 Å². The Hall–Kier alpha value is -2.95. The molecule has 5 nitrogen and oxygen atoms in total. The molecule has 0 radical (unpaired) electrons. The van der Waals surface area contributed by atoms with E-state index in [4.69, 9.17) is 4.74 Å². The van der Waals surface area contributed by atoms with Gasteiger partial charge in [0.25, 0.3) is 5.91 Å². The van der Waals surface area contributed by atoms with Crippen LogP contribution in [0, 0.1) is 6.92 Å². The molecular formula is C21H21N3O2. The second kappa shape index (κ2) is 7.12. The van der Waals surface area contributed by atoms with E-state index in [0.717, 1.165) is 34.9 Å². The van der Waals surface area contributed by atoms with Crippen LogP contribution in [0.15, 0.2) is 54.6 Å². The Bertz CT molecular complexity index is 916. The highest BCUT2D eigenvalue weighted by Gasteiger charge is 2.25. The summed E-state index contributed by atoms with van der Waals surface area (Å²) in [6, 6.07) is 17.7. The van der Waals surface area contributed by atoms with Crippen molar-refractivity contribution in [1.82, 2.24) is 15.1 Å². The molecule has 132 valence electrons. The van der Waals surface area contributed by atoms with Gasteiger partial charge in [-0.2, -0.15) is 5.10 Å². The Labute approximate surface area is 152 Å². The number of likely N-dealkylation sites (tertiary alicyclic amines) is 1. The molecule has 1 saturated heterocycles. The van der Waals surface area contributed by atoms with Gasteiger partial charge in [-0.25, -0.2) is 0 Å². The number of nitrogens with zero attached hydrogens (tertiary/aromatic N) is 3. The summed E-state index contributed by atoms with van der Waals surface area (Å²) in [5, 5.41) is 10.3. The molecule has 0 spiro atoms. The predicted octanol–water partition coefficient (Wildman–Crippen LogP) is 3.62. The summed E-state index contributed by atoms with van der Waals surface area (Å²) in [4.78, 5) is 14.7. The summed E-state index contributed by atoms with van der Waals surface area (Å²) in [6.45, 7) is 3.28. The third-order valence-electron chi connectivity index (χ3n) is 4.79. The minimum absolute atomic E-state index is 0.0765. The number of aromatic nitrogens is 2. The van der Waals surface area contributed by atoms with E-state index < -0.39 is 0 Å². The average molecular weight is 347 g/mol. The van der Waals surface area contributed by atoms with Crippen LogP contribution in [0.2, 0.25) is 0 Å². The van der Waals surface area contributed by atoms with Gasteiger partial charge in [0.05, 0.1) is 5.69 Å². The first kappa shape index (κ1) is 16.5. The molecule has 5 heteroatoms. The zero-order valence-corrected chi connectivity index (χ0v) is 14.8. The number of amides is 1. The van der Waals surface area contributed by atoms with Crippen LogP contribution in [0.25, 0.3) is 10.8 Å². The number of benzene rings is 2. The van der Waals surface area contributed by atoms with E-state index in [1.807, 2.05) is 60.4 Å². The van der Waals surface area contributed by atoms with Crippen molar-refractivity contribution in [3.63, 3.8) is 0 Å². The van der Waals surface area contributed by atoms with Gasteiger partial charge in [0.1, 0.15) is 6.10 Å². The second-order valence-corrected chi connectivity index (χ2v) is 6.68. The Morgan fingerprint density at radius 3 is 2.50 bits per heavy atom. The van der Waals surface area contributed by atoms with Crippen LogP contribution in [0.1, 0.15) is 28.9 Å². The Morgan fingerprint density at radius 1 is 1.00 bits per heavy atom. The maximum Gasteiger partial charge on any atom is 0.253 e. The van der Waals surface area contributed by atoms with Gasteiger partial charge in [0.15, 0.2) is 0 Å². The van der Waals surface area contributed by atoms with E-state index in [0.29, 0.717) is 19.0 Å². The quantitative estimate of drug-likeness (QED) is 0.726. The number of rotatable bonds is 3. The van der Waals surface area contributed by atoms with E-state index in [-0.39, 0.29) is 12.0 Å². The molecule has 0 unspecified atom stereocenters. The van der Waals surface area contributed by atoms with Crippen molar-refractivity contribution >= 4 is 16.7 Å². The number of fused-ring (bicyclic) bond motifs is 1. The van der Waals surface area contributed by atoms with Crippen LogP contribution < -0.4 is 4.74 Å². The molecule has 1 aliphatic rings. The molecule has 0 atom stereocenters. The number of hydrogen-bond acceptors (Lipinski definition) is 4. The fourth-order valence-electron chi connectivity index (χ4n) is 3.30. The standard InChI is InChI=1S/C21H21N3O2/c1-15-6-9-20(23-22-15)26-19-10-12-24(13-11-19)21(25)18-8-7-16-4-2-3-5-17(16)14-18/h2-9,14,19H,10-13H2,1H3. The molecule has 2 aromatic carbocycles. The molecule has 0 N–H and O–H groups in total. The maximum absolute atomic E-state index is 12.8. The number of hydrogen-bond donors (Lipinski definition) is 0. The third kappa shape index (κ3) is 3.52. The third-order valence-corrected chi connectivity index (χ3v) is 4.79. The number of piperidine rings is 1. The average Bonchev–Trinajstić information content (AvgIpc) is 2.69. The SMILES string of the molecule is Cc1ccc(OC2CCN(C(=O)c3ccc4ccccc4c3)CC2)nn1. The van der Waals surface area contributed by atoms with Crippen LogP contribution in [0.5, 0.6) is 5.88 Å². The largest absolute Gasteiger partial charge is 0.473 e. The summed E-state index contributed by atoms with van der Waals surface area (Å²) in [7, 11) is 0. The number of carbonyl (C=O) groups excluding carboxylic acids is 1. The summed E-state index contributed by atoms with van der Waals surface area (Å²) < 4.78 is 5.89. The van der Waals surface area contributed by atoms with Crippen molar-refractivity contribution in [1.29, 1.82) is 0 Å². The van der Waals surface area contributed by atoms with Crippen LogP contribution >= 0.6 is 0 Å². The van der Waals surface area contributed by atoms with Crippen LogP contribution in [-0.4, -0.2) is 40.2 Å². The smallest absolute Gasteiger partial charge is 0.253 e. The van der Waals surface area contributed by atoms with Gasteiger partial charge in [0, 0.05) is 37.6 Å². The molecule has 3 aromatic rings. The fourth-order valence-corrected chi connectivity index (χ4v) is 3.30. The van der Waals surface area contributed by atoms with Crippen LogP contribution in [0.4, 0.5) is 0 Å². The first-order chi connectivity index (χ1) is 12.7. The minimum atomic E-state index is 0.0765. The number of aryl methyl sites for hydroxylation is 1. The number of ether oxygens (including phenoxy) is 1. The fraction of sp³-hybridized carbons (Fsp3) is 0.286. The van der Waals surface area contributed by atoms with E-state index >= 15 is 0 Å². The molecule has 0 aliphatic carbocycles. The predicted molar refractivity (Wildman–Crippen MR) is 100 cm³/mol. The zero-order chi connectivity index (χ0) is 17.9. The Balaban J connectivity index is 1.38. The molecule has 4 rings (SSSR count). The molecular weight excluding hydrogens is 326 g/mol. The van der Waals surface area contributed by atoms with Gasteiger partial charge < -0.3 is 9.64 Å². The minimum Gasteiger partial charge on any atom is -0.473 e. The lowest BCUT2D eigenvalue weighted by Gasteiger charge is -2.32. The normalized spacial score (nSPS) is 15.2. The molecule has 1 fully saturated rings. The van der Waals surface area contributed by atoms with Gasteiger partial charge in [-0.15, -0.1) is 5.10 Å². The van der Waals surface area contributed by atoms with E-state index in [1.54, 1.807) is 0 Å². The van der Waals surface area contributed by atoms with Crippen molar-refractivity contribution in [2.45, 2.75) is 25.9 Å². The molecule has 1 aliphatic heterocycles. The lowest BCUT2D eigenvalue weighted by atomic mass is 10.0. The molecule has 1 amide bonds. The second-order valence-electron chi connectivity index (χ2n) is 6.68. The van der Waals surface area contributed by atoms with E-state index in [2.05, 4.69) is 16.3 Å². The summed E-state index contributed by atoms with van der Waals surface area (Å²) in [5.41, 5.74) is 1.61. The first-order valence-electron chi connectivity index (χ1n) is 8.94. The molecule has 26 heavy (non-hydrogen) atoms. The monoisotopic (exact) mass is 347 g/mol. The van der Waals surface area contributed by atoms with Gasteiger partial charge >= 0.3 is 0 Å². The maximum atomic E-state index is 12.8. The van der Waals surface area contributed by atoms with Crippen LogP contribution in [0.3, 0.4) is 0 Å². The van der Waals surface area contributed by atoms with Crippen molar-refractivity contribution in [3.8, 4) is 5.88 Å². The molecule has 0 bridgehead atoms. The van der Waals surface area contributed by atoms with Gasteiger partial charge in [-0.05, 0) is 35.9 Å². The topological polar surface area (TPSA) is 55.3 Å². The highest BCUT2D eigenvalue weighted by Crippen LogP contribution is 2.21. The van der Waals surface area contributed by atoms with Crippen molar-refractivity contribution in [3.05, 3.63) is 65.9 Å². The van der Waals surface area contributed by atoms with Crippen molar-refractivity contribution < 1.29 is 9.53 Å². The summed E-state index contributed by atoms with van der Waals surface area (Å²) in [5.74, 6) is 0.638. The lowest BCUT2D eigenvalue weighted by molar-refractivity contribution is 0.0586. The molecule has 2 heterocycles. The Morgan fingerprint density at radius 2 is 1.77 bits per heavy atom. The van der Waals surface area contributed by atoms with Crippen molar-refractivity contribution in [2.75, 3.05) is 13.1 Å². The van der Waals surface area contributed by atoms with Gasteiger partial charge in [-0.3, -0.25) is 4.79 Å². The lowest BCUT2D eigenvalue weighted by Crippen LogP contribution is -2.41. The highest BCUT2D eigenvalue weighted by molar-refractivity contribution is 5.98. The van der Waals surface area contributed by atoms with Crippen LogP contribution in [-0.2, 0) is 0 Å². The highest BCUT2D eigenvalue weighted by atomic mass is 16.5. The molecule has 1 aromatic heterocycles. The molecule has 0 saturated carbocycles. The van der Waals surface area contributed by atoms with E-state index in [9.17, 15) is 4.79 Å². The summed E-state index contributed by atoms with van der Waals surface area (Å²) >= 11 is 0. The first-order valence-corrected chi connectivity index (χ1v) is 8.94. The van der Waals surface area contributed by atoms with Gasteiger partial charge in [0.2, 0.25) is 5.88 Å². The zero-order valence-electron chi connectivity index (χ0n) is 14.8. The van der Waals surface area contributed by atoms with Crippen molar-refractivity contribution in [2.24, 2.45) is 0 Å². The Kier molecular flexibility index (Phi) is 4.52.